The van der Waals surface area contributed by atoms with Gasteiger partial charge < -0.3 is 5.32 Å². The maximum absolute atomic E-state index is 4.23. The van der Waals surface area contributed by atoms with Crippen molar-refractivity contribution in [2.24, 2.45) is 11.3 Å². The van der Waals surface area contributed by atoms with E-state index in [0.717, 1.165) is 18.9 Å². The summed E-state index contributed by atoms with van der Waals surface area (Å²) in [5.74, 6) is 0.751. The predicted octanol–water partition coefficient (Wildman–Crippen LogP) is 4.45. The third-order valence-electron chi connectivity index (χ3n) is 3.54. The van der Waals surface area contributed by atoms with Crippen LogP contribution in [0.1, 0.15) is 59.4 Å². The van der Waals surface area contributed by atoms with Gasteiger partial charge in [0, 0.05) is 18.4 Å². The molecule has 2 nitrogen and oxygen atoms in total. The summed E-state index contributed by atoms with van der Waals surface area (Å²) in [7, 11) is 0. The molecule has 1 heterocycles. The molecule has 2 heteroatoms. The Bertz CT molecular complexity index is 353. The molecule has 2 atom stereocenters. The number of hydrogen-bond acceptors (Lipinski definition) is 2. The zero-order valence-electron chi connectivity index (χ0n) is 13.9. The van der Waals surface area contributed by atoms with Crippen molar-refractivity contribution in [1.82, 2.24) is 10.3 Å². The average molecular weight is 276 g/mol. The van der Waals surface area contributed by atoms with E-state index in [4.69, 9.17) is 0 Å². The summed E-state index contributed by atoms with van der Waals surface area (Å²) in [5.41, 5.74) is 1.76. The van der Waals surface area contributed by atoms with Crippen LogP contribution in [-0.4, -0.2) is 17.6 Å². The minimum Gasteiger partial charge on any atom is -0.314 e. The minimum absolute atomic E-state index is 0.420. The summed E-state index contributed by atoms with van der Waals surface area (Å²) in [4.78, 5) is 4.23. The smallest absolute Gasteiger partial charge is 0.0300 e. The Morgan fingerprint density at radius 2 is 2.05 bits per heavy atom. The first-order valence-corrected chi connectivity index (χ1v) is 8.03. The van der Waals surface area contributed by atoms with Crippen LogP contribution in [0.5, 0.6) is 0 Å². The highest BCUT2D eigenvalue weighted by molar-refractivity contribution is 5.10. The minimum atomic E-state index is 0.420. The first-order valence-electron chi connectivity index (χ1n) is 8.03. The second-order valence-corrected chi connectivity index (χ2v) is 7.32. The molecule has 20 heavy (non-hydrogen) atoms. The van der Waals surface area contributed by atoms with Crippen LogP contribution in [-0.2, 0) is 6.42 Å². The lowest BCUT2D eigenvalue weighted by atomic mass is 9.82. The number of pyridine rings is 1. The zero-order chi connectivity index (χ0) is 15.0. The monoisotopic (exact) mass is 276 g/mol. The van der Waals surface area contributed by atoms with E-state index in [0.29, 0.717) is 11.5 Å². The van der Waals surface area contributed by atoms with Gasteiger partial charge in [0.2, 0.25) is 0 Å². The summed E-state index contributed by atoms with van der Waals surface area (Å²) >= 11 is 0. The molecule has 0 fully saturated rings. The van der Waals surface area contributed by atoms with E-state index >= 15 is 0 Å². The van der Waals surface area contributed by atoms with Gasteiger partial charge in [0.1, 0.15) is 0 Å². The fourth-order valence-electron chi connectivity index (χ4n) is 3.01. The summed E-state index contributed by atoms with van der Waals surface area (Å²) in [5, 5.41) is 3.71. The Morgan fingerprint density at radius 1 is 1.30 bits per heavy atom. The third kappa shape index (κ3) is 7.64. The lowest BCUT2D eigenvalue weighted by molar-refractivity contribution is 0.274. The molecule has 1 rings (SSSR count). The second kappa shape index (κ2) is 8.41. The number of rotatable bonds is 8. The molecule has 1 N–H and O–H groups in total. The van der Waals surface area contributed by atoms with Crippen LogP contribution in [0.15, 0.2) is 24.5 Å². The van der Waals surface area contributed by atoms with Crippen molar-refractivity contribution < 1.29 is 0 Å². The predicted molar refractivity (Wildman–Crippen MR) is 87.9 cm³/mol. The summed E-state index contributed by atoms with van der Waals surface area (Å²) in [6, 6.07) is 4.78. The number of nitrogens with zero attached hydrogens (tertiary/aromatic N) is 1. The largest absolute Gasteiger partial charge is 0.314 e. The van der Waals surface area contributed by atoms with Gasteiger partial charge in [-0.25, -0.2) is 0 Å². The molecule has 0 aliphatic carbocycles. The van der Waals surface area contributed by atoms with Crippen molar-refractivity contribution in [3.8, 4) is 0 Å². The third-order valence-corrected chi connectivity index (χ3v) is 3.54. The van der Waals surface area contributed by atoms with Crippen LogP contribution in [0.4, 0.5) is 0 Å². The van der Waals surface area contributed by atoms with Crippen LogP contribution in [0.3, 0.4) is 0 Å². The van der Waals surface area contributed by atoms with E-state index in [9.17, 15) is 0 Å². The first-order chi connectivity index (χ1) is 9.40. The molecule has 0 aliphatic heterocycles. The molecule has 2 unspecified atom stereocenters. The SMILES string of the molecule is CCCNC(Cc1cccnc1)CC(C)CC(C)(C)C. The summed E-state index contributed by atoms with van der Waals surface area (Å²) in [6.07, 6.45) is 8.64. The molecule has 0 aliphatic rings. The van der Waals surface area contributed by atoms with E-state index in [1.807, 2.05) is 18.5 Å². The molecule has 114 valence electrons. The van der Waals surface area contributed by atoms with Gasteiger partial charge in [-0.15, -0.1) is 0 Å². The first kappa shape index (κ1) is 17.2. The van der Waals surface area contributed by atoms with Crippen molar-refractivity contribution in [3.63, 3.8) is 0 Å². The van der Waals surface area contributed by atoms with Gasteiger partial charge >= 0.3 is 0 Å². The molecule has 0 saturated heterocycles. The highest BCUT2D eigenvalue weighted by atomic mass is 14.9. The molecule has 1 aromatic rings. The van der Waals surface area contributed by atoms with Gasteiger partial charge in [-0.1, -0.05) is 40.7 Å². The maximum atomic E-state index is 4.23. The van der Waals surface area contributed by atoms with E-state index in [-0.39, 0.29) is 0 Å². The van der Waals surface area contributed by atoms with Crippen LogP contribution < -0.4 is 5.32 Å². The Labute approximate surface area is 125 Å². The Morgan fingerprint density at radius 3 is 2.60 bits per heavy atom. The molecule has 0 bridgehead atoms. The average Bonchev–Trinajstić information content (AvgIpc) is 2.35. The number of aromatic nitrogens is 1. The van der Waals surface area contributed by atoms with Crippen molar-refractivity contribution >= 4 is 0 Å². The van der Waals surface area contributed by atoms with Crippen LogP contribution in [0, 0.1) is 11.3 Å². The summed E-state index contributed by atoms with van der Waals surface area (Å²) < 4.78 is 0. The van der Waals surface area contributed by atoms with E-state index < -0.39 is 0 Å². The molecular weight excluding hydrogens is 244 g/mol. The molecule has 0 radical (unpaired) electrons. The molecule has 0 amide bonds. The second-order valence-electron chi connectivity index (χ2n) is 7.32. The van der Waals surface area contributed by atoms with Crippen LogP contribution >= 0.6 is 0 Å². The topological polar surface area (TPSA) is 24.9 Å². The van der Waals surface area contributed by atoms with Gasteiger partial charge in [-0.2, -0.15) is 0 Å². The van der Waals surface area contributed by atoms with Crippen LogP contribution in [0.25, 0.3) is 0 Å². The van der Waals surface area contributed by atoms with E-state index in [2.05, 4.69) is 51.0 Å². The van der Waals surface area contributed by atoms with Crippen LogP contribution in [0.2, 0.25) is 0 Å². The van der Waals surface area contributed by atoms with Crippen molar-refractivity contribution in [2.75, 3.05) is 6.54 Å². The Kier molecular flexibility index (Phi) is 7.22. The lowest BCUT2D eigenvalue weighted by Crippen LogP contribution is -2.34. The van der Waals surface area contributed by atoms with Gasteiger partial charge in [0.05, 0.1) is 0 Å². The van der Waals surface area contributed by atoms with E-state index in [1.165, 1.54) is 24.8 Å². The van der Waals surface area contributed by atoms with Crippen molar-refractivity contribution in [1.29, 1.82) is 0 Å². The van der Waals surface area contributed by atoms with Gasteiger partial charge in [-0.3, -0.25) is 4.98 Å². The van der Waals surface area contributed by atoms with Gasteiger partial charge in [0.15, 0.2) is 0 Å². The fraction of sp³-hybridized carbons (Fsp3) is 0.722. The van der Waals surface area contributed by atoms with Gasteiger partial charge in [0.25, 0.3) is 0 Å². The maximum Gasteiger partial charge on any atom is 0.0300 e. The fourth-order valence-corrected chi connectivity index (χ4v) is 3.01. The highest BCUT2D eigenvalue weighted by Crippen LogP contribution is 2.27. The lowest BCUT2D eigenvalue weighted by Gasteiger charge is -2.27. The quantitative estimate of drug-likeness (QED) is 0.758. The molecular formula is C18H32N2. The number of nitrogens with one attached hydrogen (secondary N) is 1. The molecule has 0 spiro atoms. The molecule has 0 saturated carbocycles. The molecule has 0 aromatic carbocycles. The Balaban J connectivity index is 2.55. The standard InChI is InChI=1S/C18H32N2/c1-6-9-20-17(11-15(2)13-18(3,4)5)12-16-8-7-10-19-14-16/h7-8,10,14-15,17,20H,6,9,11-13H2,1-5H3. The van der Waals surface area contributed by atoms with Gasteiger partial charge in [-0.05, 0) is 55.2 Å². The Hall–Kier alpha value is -0.890. The number of hydrogen-bond donors (Lipinski definition) is 1. The normalized spacial score (nSPS) is 15.1. The van der Waals surface area contributed by atoms with E-state index in [1.54, 1.807) is 0 Å². The summed E-state index contributed by atoms with van der Waals surface area (Å²) in [6.45, 7) is 12.7. The molecule has 1 aromatic heterocycles. The van der Waals surface area contributed by atoms with Crippen molar-refractivity contribution in [3.05, 3.63) is 30.1 Å². The van der Waals surface area contributed by atoms with Crippen molar-refractivity contribution in [2.45, 2.75) is 66.3 Å². The zero-order valence-corrected chi connectivity index (χ0v) is 13.9. The highest BCUT2D eigenvalue weighted by Gasteiger charge is 2.19.